The van der Waals surface area contributed by atoms with Gasteiger partial charge in [0.1, 0.15) is 0 Å². The molecule has 1 aromatic carbocycles. The molecule has 3 rings (SSSR count). The summed E-state index contributed by atoms with van der Waals surface area (Å²) in [6.07, 6.45) is 1.01. The molecular weight excluding hydrogens is 395 g/mol. The predicted octanol–water partition coefficient (Wildman–Crippen LogP) is 4.56. The minimum atomic E-state index is -4.50. The molecule has 0 radical (unpaired) electrons. The van der Waals surface area contributed by atoms with Crippen LogP contribution < -0.4 is 5.32 Å². The van der Waals surface area contributed by atoms with Crippen LogP contribution in [-0.4, -0.2) is 35.4 Å². The standard InChI is InChI=1S/C18H17ClF3N5O/c1-23-27-15(28-11-18(20,21)22)12-9-24-16(25-10-12)26-17(7-2-8-17)13-3-5-14(19)6-4-13/h3-6,9-10H,1-2,7-8,11H2,(H,24,25,26)/b27-15-. The highest BCUT2D eigenvalue weighted by molar-refractivity contribution is 6.30. The van der Waals surface area contributed by atoms with Gasteiger partial charge in [0.05, 0.1) is 11.1 Å². The van der Waals surface area contributed by atoms with Crippen LogP contribution in [0, 0.1) is 0 Å². The van der Waals surface area contributed by atoms with Gasteiger partial charge in [0.15, 0.2) is 6.61 Å². The summed E-state index contributed by atoms with van der Waals surface area (Å²) in [5, 5.41) is 10.7. The van der Waals surface area contributed by atoms with Crippen LogP contribution >= 0.6 is 11.6 Å². The van der Waals surface area contributed by atoms with E-state index in [-0.39, 0.29) is 17.0 Å². The maximum absolute atomic E-state index is 12.4. The van der Waals surface area contributed by atoms with E-state index in [1.807, 2.05) is 24.3 Å². The van der Waals surface area contributed by atoms with Crippen LogP contribution in [0.25, 0.3) is 0 Å². The molecule has 1 N–H and O–H groups in total. The highest BCUT2D eigenvalue weighted by Gasteiger charge is 2.39. The SMILES string of the molecule is C=N/N=C(\OCC(F)(F)F)c1cnc(NC2(c3ccc(Cl)cc3)CCC2)nc1. The lowest BCUT2D eigenvalue weighted by Gasteiger charge is -2.43. The summed E-state index contributed by atoms with van der Waals surface area (Å²) in [5.41, 5.74) is 0.942. The Bertz CT molecular complexity index is 849. The number of rotatable bonds is 6. The zero-order valence-electron chi connectivity index (χ0n) is 14.7. The van der Waals surface area contributed by atoms with Crippen molar-refractivity contribution in [3.8, 4) is 0 Å². The molecule has 6 nitrogen and oxygen atoms in total. The largest absolute Gasteiger partial charge is 0.466 e. The molecule has 0 spiro atoms. The summed E-state index contributed by atoms with van der Waals surface area (Å²) in [6, 6.07) is 7.56. The lowest BCUT2D eigenvalue weighted by atomic mass is 9.72. The van der Waals surface area contributed by atoms with Gasteiger partial charge < -0.3 is 10.1 Å². The van der Waals surface area contributed by atoms with Crippen molar-refractivity contribution in [1.82, 2.24) is 9.97 Å². The number of hydrogen-bond acceptors (Lipinski definition) is 6. The van der Waals surface area contributed by atoms with Crippen molar-refractivity contribution in [3.05, 3.63) is 52.8 Å². The first kappa shape index (κ1) is 20.1. The number of aromatic nitrogens is 2. The van der Waals surface area contributed by atoms with E-state index in [1.54, 1.807) is 0 Å². The molecule has 1 fully saturated rings. The minimum Gasteiger partial charge on any atom is -0.466 e. The number of nitrogens with one attached hydrogen (secondary N) is 1. The number of nitrogens with zero attached hydrogens (tertiary/aromatic N) is 4. The van der Waals surface area contributed by atoms with E-state index in [9.17, 15) is 13.2 Å². The molecule has 28 heavy (non-hydrogen) atoms. The summed E-state index contributed by atoms with van der Waals surface area (Å²) in [6.45, 7) is 1.63. The highest BCUT2D eigenvalue weighted by Crippen LogP contribution is 2.43. The first-order chi connectivity index (χ1) is 13.3. The first-order valence-corrected chi connectivity index (χ1v) is 8.79. The third-order valence-corrected chi connectivity index (χ3v) is 4.64. The van der Waals surface area contributed by atoms with Crippen molar-refractivity contribution >= 4 is 30.2 Å². The van der Waals surface area contributed by atoms with Crippen LogP contribution in [0.5, 0.6) is 0 Å². The van der Waals surface area contributed by atoms with E-state index in [0.717, 1.165) is 24.8 Å². The van der Waals surface area contributed by atoms with E-state index in [0.29, 0.717) is 11.0 Å². The molecule has 0 amide bonds. The van der Waals surface area contributed by atoms with E-state index in [1.165, 1.54) is 12.4 Å². The van der Waals surface area contributed by atoms with Crippen LogP contribution in [0.1, 0.15) is 30.4 Å². The molecule has 1 aliphatic rings. The molecule has 1 aliphatic carbocycles. The van der Waals surface area contributed by atoms with Crippen LogP contribution in [0.2, 0.25) is 5.02 Å². The number of ether oxygens (including phenoxy) is 1. The zero-order valence-corrected chi connectivity index (χ0v) is 15.5. The molecule has 1 heterocycles. The summed E-state index contributed by atoms with van der Waals surface area (Å²) >= 11 is 5.96. The number of benzene rings is 1. The zero-order chi connectivity index (χ0) is 20.2. The summed E-state index contributed by atoms with van der Waals surface area (Å²) in [7, 11) is 0. The molecule has 1 saturated carbocycles. The Kier molecular flexibility index (Phi) is 5.83. The molecule has 0 unspecified atom stereocenters. The number of alkyl halides is 3. The fourth-order valence-corrected chi connectivity index (χ4v) is 3.01. The first-order valence-electron chi connectivity index (χ1n) is 8.41. The molecule has 0 aliphatic heterocycles. The summed E-state index contributed by atoms with van der Waals surface area (Å²) in [5.74, 6) is -0.00457. The van der Waals surface area contributed by atoms with E-state index in [4.69, 9.17) is 11.6 Å². The second kappa shape index (κ2) is 8.14. The quantitative estimate of drug-likeness (QED) is 0.429. The fourth-order valence-electron chi connectivity index (χ4n) is 2.89. The lowest BCUT2D eigenvalue weighted by molar-refractivity contribution is -0.156. The molecular formula is C18H17ClF3N5O. The van der Waals surface area contributed by atoms with Crippen LogP contribution in [0.15, 0.2) is 46.9 Å². The molecule has 148 valence electrons. The Morgan fingerprint density at radius 1 is 1.21 bits per heavy atom. The number of anilines is 1. The average molecular weight is 412 g/mol. The number of hydrogen-bond donors (Lipinski definition) is 1. The van der Waals surface area contributed by atoms with Gasteiger partial charge in [-0.2, -0.15) is 18.3 Å². The van der Waals surface area contributed by atoms with Gasteiger partial charge in [-0.1, -0.05) is 23.7 Å². The van der Waals surface area contributed by atoms with Crippen molar-refractivity contribution < 1.29 is 17.9 Å². The third-order valence-electron chi connectivity index (χ3n) is 4.39. The average Bonchev–Trinajstić information content (AvgIpc) is 2.62. The van der Waals surface area contributed by atoms with Gasteiger partial charge in [0.25, 0.3) is 0 Å². The van der Waals surface area contributed by atoms with Crippen molar-refractivity contribution in [2.24, 2.45) is 10.2 Å². The maximum atomic E-state index is 12.4. The molecule has 0 atom stereocenters. The van der Waals surface area contributed by atoms with Crippen LogP contribution in [0.4, 0.5) is 19.1 Å². The highest BCUT2D eigenvalue weighted by atomic mass is 35.5. The van der Waals surface area contributed by atoms with Gasteiger partial charge in [0.2, 0.25) is 11.8 Å². The molecule has 0 bridgehead atoms. The van der Waals surface area contributed by atoms with E-state index >= 15 is 0 Å². The topological polar surface area (TPSA) is 71.8 Å². The molecule has 10 heteroatoms. The van der Waals surface area contributed by atoms with Crippen LogP contribution in [-0.2, 0) is 10.3 Å². The van der Waals surface area contributed by atoms with Gasteiger partial charge in [-0.05, 0) is 37.0 Å². The summed E-state index contributed by atoms with van der Waals surface area (Å²) < 4.78 is 41.8. The smallest absolute Gasteiger partial charge is 0.422 e. The fraction of sp³-hybridized carbons (Fsp3) is 0.333. The van der Waals surface area contributed by atoms with Crippen molar-refractivity contribution in [1.29, 1.82) is 0 Å². The van der Waals surface area contributed by atoms with Gasteiger partial charge in [-0.3, -0.25) is 0 Å². The summed E-state index contributed by atoms with van der Waals surface area (Å²) in [4.78, 5) is 8.37. The molecule has 2 aromatic rings. The Balaban J connectivity index is 1.75. The van der Waals surface area contributed by atoms with Crippen molar-refractivity contribution in [3.63, 3.8) is 0 Å². The van der Waals surface area contributed by atoms with Crippen molar-refractivity contribution in [2.45, 2.75) is 31.0 Å². The van der Waals surface area contributed by atoms with Gasteiger partial charge in [0, 0.05) is 24.1 Å². The second-order valence-corrected chi connectivity index (χ2v) is 6.75. The van der Waals surface area contributed by atoms with Gasteiger partial charge in [-0.25, -0.2) is 9.97 Å². The van der Waals surface area contributed by atoms with E-state index in [2.05, 4.69) is 36.9 Å². The van der Waals surface area contributed by atoms with Crippen molar-refractivity contribution in [2.75, 3.05) is 11.9 Å². The van der Waals surface area contributed by atoms with E-state index < -0.39 is 12.8 Å². The monoisotopic (exact) mass is 411 g/mol. The third kappa shape index (κ3) is 4.78. The molecule has 1 aromatic heterocycles. The minimum absolute atomic E-state index is 0.163. The molecule has 0 saturated heterocycles. The predicted molar refractivity (Wildman–Crippen MR) is 101 cm³/mol. The van der Waals surface area contributed by atoms with Crippen LogP contribution in [0.3, 0.4) is 0 Å². The maximum Gasteiger partial charge on any atom is 0.422 e. The number of halogens is 4. The Hall–Kier alpha value is -2.68. The Morgan fingerprint density at radius 3 is 2.36 bits per heavy atom. The Labute approximate surface area is 164 Å². The lowest BCUT2D eigenvalue weighted by Crippen LogP contribution is -2.42. The Morgan fingerprint density at radius 2 is 1.86 bits per heavy atom. The van der Waals surface area contributed by atoms with Gasteiger partial charge >= 0.3 is 6.18 Å². The normalized spacial score (nSPS) is 16.2. The van der Waals surface area contributed by atoms with Gasteiger partial charge in [-0.15, -0.1) is 5.10 Å². The second-order valence-electron chi connectivity index (χ2n) is 6.31.